The predicted octanol–water partition coefficient (Wildman–Crippen LogP) is 3.47. The van der Waals surface area contributed by atoms with E-state index in [4.69, 9.17) is 4.74 Å². The average Bonchev–Trinajstić information content (AvgIpc) is 3.28. The molecule has 3 fully saturated rings. The van der Waals surface area contributed by atoms with Crippen LogP contribution in [-0.4, -0.2) is 44.3 Å². The highest BCUT2D eigenvalue weighted by molar-refractivity contribution is 5.98. The van der Waals surface area contributed by atoms with Crippen LogP contribution in [0.1, 0.15) is 33.1 Å². The third-order valence-corrected chi connectivity index (χ3v) is 6.03. The van der Waals surface area contributed by atoms with Gasteiger partial charge in [0.15, 0.2) is 0 Å². The molecule has 2 N–H and O–H groups in total. The van der Waals surface area contributed by atoms with E-state index in [1.807, 2.05) is 18.2 Å². The molecule has 152 valence electrons. The Morgan fingerprint density at radius 2 is 1.78 bits per heavy atom. The summed E-state index contributed by atoms with van der Waals surface area (Å²) >= 11 is 0. The summed E-state index contributed by atoms with van der Waals surface area (Å²) in [5, 5.41) is 6.63. The van der Waals surface area contributed by atoms with Crippen LogP contribution in [0.2, 0.25) is 0 Å². The molecule has 1 amide bonds. The first-order valence-electron chi connectivity index (χ1n) is 9.58. The Hall–Kier alpha value is -1.01. The van der Waals surface area contributed by atoms with Gasteiger partial charge in [-0.3, -0.25) is 4.79 Å². The maximum atomic E-state index is 12.8. The molecule has 1 aromatic rings. The molecular formula is C20H31Cl2N3O2. The molecule has 1 aromatic carbocycles. The van der Waals surface area contributed by atoms with Gasteiger partial charge in [-0.25, -0.2) is 0 Å². The summed E-state index contributed by atoms with van der Waals surface area (Å²) in [7, 11) is 0. The van der Waals surface area contributed by atoms with Crippen molar-refractivity contribution in [2.24, 2.45) is 11.3 Å². The minimum absolute atomic E-state index is 0. The molecule has 3 unspecified atom stereocenters. The zero-order chi connectivity index (χ0) is 17.4. The van der Waals surface area contributed by atoms with Gasteiger partial charge in [0.25, 0.3) is 0 Å². The van der Waals surface area contributed by atoms with Crippen molar-refractivity contribution in [3.05, 3.63) is 24.3 Å². The van der Waals surface area contributed by atoms with Crippen molar-refractivity contribution in [3.8, 4) is 0 Å². The Morgan fingerprint density at radius 3 is 2.44 bits per heavy atom. The number of halogens is 2. The van der Waals surface area contributed by atoms with E-state index < -0.39 is 0 Å². The Balaban J connectivity index is 0.00000131. The van der Waals surface area contributed by atoms with E-state index in [2.05, 4.69) is 35.4 Å². The van der Waals surface area contributed by atoms with Crippen LogP contribution in [0.5, 0.6) is 0 Å². The number of para-hydroxylation sites is 2. The molecule has 2 saturated heterocycles. The number of morpholine rings is 1. The second-order valence-corrected chi connectivity index (χ2v) is 8.04. The highest BCUT2D eigenvalue weighted by Gasteiger charge is 2.57. The minimum atomic E-state index is 0. The van der Waals surface area contributed by atoms with Gasteiger partial charge in [0.1, 0.15) is 0 Å². The van der Waals surface area contributed by atoms with Gasteiger partial charge < -0.3 is 20.3 Å². The third kappa shape index (κ3) is 4.70. The molecule has 2 aliphatic heterocycles. The topological polar surface area (TPSA) is 53.6 Å². The summed E-state index contributed by atoms with van der Waals surface area (Å²) < 4.78 is 5.85. The van der Waals surface area contributed by atoms with Crippen LogP contribution in [0.25, 0.3) is 0 Å². The minimum Gasteiger partial charge on any atom is -0.372 e. The van der Waals surface area contributed by atoms with Gasteiger partial charge in [0, 0.05) is 19.0 Å². The van der Waals surface area contributed by atoms with Crippen molar-refractivity contribution in [2.45, 2.75) is 45.3 Å². The largest absolute Gasteiger partial charge is 0.372 e. The van der Waals surface area contributed by atoms with Crippen molar-refractivity contribution in [1.29, 1.82) is 0 Å². The molecular weight excluding hydrogens is 385 g/mol. The number of carbonyl (C=O) groups excluding carboxylic acids is 1. The number of hydrogen-bond acceptors (Lipinski definition) is 4. The van der Waals surface area contributed by atoms with Crippen LogP contribution >= 0.6 is 24.8 Å². The van der Waals surface area contributed by atoms with Gasteiger partial charge >= 0.3 is 0 Å². The molecule has 1 saturated carbocycles. The smallest absolute Gasteiger partial charge is 0.228 e. The third-order valence-electron chi connectivity index (χ3n) is 6.03. The molecule has 2 heterocycles. The van der Waals surface area contributed by atoms with E-state index in [0.29, 0.717) is 0 Å². The number of anilines is 2. The van der Waals surface area contributed by atoms with E-state index in [9.17, 15) is 4.79 Å². The second-order valence-electron chi connectivity index (χ2n) is 8.04. The summed E-state index contributed by atoms with van der Waals surface area (Å²) in [5.41, 5.74) is 2.31. The van der Waals surface area contributed by atoms with Crippen molar-refractivity contribution in [1.82, 2.24) is 5.32 Å². The molecule has 0 radical (unpaired) electrons. The highest BCUT2D eigenvalue weighted by atomic mass is 35.5. The van der Waals surface area contributed by atoms with Crippen LogP contribution in [0.15, 0.2) is 24.3 Å². The summed E-state index contributed by atoms with van der Waals surface area (Å²) in [6, 6.07) is 8.17. The molecule has 0 bridgehead atoms. The van der Waals surface area contributed by atoms with E-state index in [0.717, 1.165) is 56.8 Å². The summed E-state index contributed by atoms with van der Waals surface area (Å²) in [5.74, 6) is 0.383. The number of amides is 1. The molecule has 0 aromatic heterocycles. The zero-order valence-electron chi connectivity index (χ0n) is 16.1. The van der Waals surface area contributed by atoms with Crippen molar-refractivity contribution in [2.75, 3.05) is 36.4 Å². The number of nitrogens with one attached hydrogen (secondary N) is 2. The van der Waals surface area contributed by atoms with Crippen LogP contribution in [0.3, 0.4) is 0 Å². The average molecular weight is 416 g/mol. The summed E-state index contributed by atoms with van der Waals surface area (Å²) in [6.45, 7) is 8.02. The molecule has 3 atom stereocenters. The van der Waals surface area contributed by atoms with Gasteiger partial charge in [0.2, 0.25) is 5.91 Å². The van der Waals surface area contributed by atoms with E-state index >= 15 is 0 Å². The van der Waals surface area contributed by atoms with Crippen LogP contribution in [0.4, 0.5) is 11.4 Å². The standard InChI is InChI=1S/C20H29N3O2.2ClH/c1-14-12-23(13-15(2)25-14)18-6-4-3-5-17(18)22-19(24)16-11-20(16)7-9-21-10-8-20;;/h3-6,14-16,21H,7-13H2,1-2H3,(H,22,24);2*1H. The fraction of sp³-hybridized carbons (Fsp3) is 0.650. The Kier molecular flexibility index (Phi) is 7.42. The van der Waals surface area contributed by atoms with Crippen molar-refractivity contribution in [3.63, 3.8) is 0 Å². The molecule has 1 spiro atoms. The van der Waals surface area contributed by atoms with Gasteiger partial charge in [-0.05, 0) is 63.7 Å². The number of nitrogens with zero attached hydrogens (tertiary/aromatic N) is 1. The Labute approximate surface area is 174 Å². The van der Waals surface area contributed by atoms with Crippen molar-refractivity contribution < 1.29 is 9.53 Å². The lowest BCUT2D eigenvalue weighted by Crippen LogP contribution is -2.45. The number of hydrogen-bond donors (Lipinski definition) is 2. The van der Waals surface area contributed by atoms with Gasteiger partial charge in [0.05, 0.1) is 23.6 Å². The summed E-state index contributed by atoms with van der Waals surface area (Å²) in [4.78, 5) is 15.2. The summed E-state index contributed by atoms with van der Waals surface area (Å²) in [6.07, 6.45) is 3.72. The fourth-order valence-corrected chi connectivity index (χ4v) is 4.65. The molecule has 1 aliphatic carbocycles. The lowest BCUT2D eigenvalue weighted by atomic mass is 9.92. The lowest BCUT2D eigenvalue weighted by molar-refractivity contribution is -0.118. The molecule has 7 heteroatoms. The monoisotopic (exact) mass is 415 g/mol. The first-order valence-corrected chi connectivity index (χ1v) is 9.58. The predicted molar refractivity (Wildman–Crippen MR) is 114 cm³/mol. The maximum Gasteiger partial charge on any atom is 0.228 e. The lowest BCUT2D eigenvalue weighted by Gasteiger charge is -2.37. The molecule has 3 aliphatic rings. The quantitative estimate of drug-likeness (QED) is 0.793. The number of rotatable bonds is 3. The molecule has 4 rings (SSSR count). The first-order chi connectivity index (χ1) is 12.1. The SMILES string of the molecule is CC1CN(c2ccccc2NC(=O)C2CC23CCNCC3)CC(C)O1.Cl.Cl. The fourth-order valence-electron chi connectivity index (χ4n) is 4.65. The molecule has 27 heavy (non-hydrogen) atoms. The number of carbonyl (C=O) groups is 1. The Bertz CT molecular complexity index is 642. The number of piperidine rings is 1. The first kappa shape index (κ1) is 22.3. The van der Waals surface area contributed by atoms with Crippen LogP contribution < -0.4 is 15.5 Å². The number of ether oxygens (including phenoxy) is 1. The second kappa shape index (κ2) is 8.99. The Morgan fingerprint density at radius 1 is 1.15 bits per heavy atom. The number of benzene rings is 1. The van der Waals surface area contributed by atoms with E-state index in [1.54, 1.807) is 0 Å². The van der Waals surface area contributed by atoms with E-state index in [-0.39, 0.29) is 54.3 Å². The van der Waals surface area contributed by atoms with Gasteiger partial charge in [-0.2, -0.15) is 0 Å². The van der Waals surface area contributed by atoms with Crippen molar-refractivity contribution >= 4 is 42.1 Å². The highest BCUT2D eigenvalue weighted by Crippen LogP contribution is 2.58. The zero-order valence-corrected chi connectivity index (χ0v) is 17.7. The van der Waals surface area contributed by atoms with Crippen LogP contribution in [0, 0.1) is 11.3 Å². The van der Waals surface area contributed by atoms with Gasteiger partial charge in [-0.15, -0.1) is 24.8 Å². The van der Waals surface area contributed by atoms with Gasteiger partial charge in [-0.1, -0.05) is 12.1 Å². The maximum absolute atomic E-state index is 12.8. The molecule has 5 nitrogen and oxygen atoms in total. The normalized spacial score (nSPS) is 28.7. The van der Waals surface area contributed by atoms with Crippen LogP contribution in [-0.2, 0) is 9.53 Å². The van der Waals surface area contributed by atoms with E-state index in [1.165, 1.54) is 0 Å².